The van der Waals surface area contributed by atoms with Crippen LogP contribution in [0, 0.1) is 19.8 Å². The lowest BCUT2D eigenvalue weighted by molar-refractivity contribution is 0.0988. The summed E-state index contributed by atoms with van der Waals surface area (Å²) in [4.78, 5) is 45.9. The number of H-pyrrole nitrogens is 1. The molecule has 0 aliphatic carbocycles. The van der Waals surface area contributed by atoms with Gasteiger partial charge in [-0.1, -0.05) is 37.7 Å². The maximum Gasteiger partial charge on any atom is 0.262 e. The molecule has 0 saturated heterocycles. The summed E-state index contributed by atoms with van der Waals surface area (Å²) in [5.74, 6) is 0.0663. The number of aromatic amines is 1. The number of thioether (sulfide) groups is 1. The second-order valence-corrected chi connectivity index (χ2v) is 9.33. The second-order valence-electron chi connectivity index (χ2n) is 8.03. The molecule has 7 heteroatoms. The van der Waals surface area contributed by atoms with E-state index in [1.165, 1.54) is 18.7 Å². The van der Waals surface area contributed by atoms with E-state index in [4.69, 9.17) is 0 Å². The number of para-hydroxylation sites is 1. The third kappa shape index (κ3) is 4.12. The topological polar surface area (TPSA) is 84.8 Å². The van der Waals surface area contributed by atoms with Crippen molar-refractivity contribution >= 4 is 34.2 Å². The Bertz CT molecular complexity index is 1190. The fourth-order valence-corrected chi connectivity index (χ4v) is 4.68. The summed E-state index contributed by atoms with van der Waals surface area (Å²) in [5.41, 5.74) is 2.90. The van der Waals surface area contributed by atoms with Crippen LogP contribution in [0.3, 0.4) is 0 Å². The lowest BCUT2D eigenvalue weighted by Crippen LogP contribution is -2.27. The summed E-state index contributed by atoms with van der Waals surface area (Å²) in [6.07, 6.45) is 0. The molecule has 0 fully saturated rings. The highest BCUT2D eigenvalue weighted by Gasteiger charge is 2.26. The number of fused-ring (bicyclic) bond motifs is 1. The minimum absolute atomic E-state index is 0.0671. The highest BCUT2D eigenvalue weighted by atomic mass is 32.2. The molecule has 0 saturated carbocycles. The van der Waals surface area contributed by atoms with Crippen molar-refractivity contribution in [3.05, 3.63) is 57.1 Å². The van der Waals surface area contributed by atoms with E-state index in [1.54, 1.807) is 31.4 Å². The molecule has 0 radical (unpaired) electrons. The van der Waals surface area contributed by atoms with Crippen LogP contribution in [0.5, 0.6) is 0 Å². The van der Waals surface area contributed by atoms with Gasteiger partial charge in [0.25, 0.3) is 5.56 Å². The Kier molecular flexibility index (Phi) is 6.31. The zero-order valence-electron chi connectivity index (χ0n) is 18.2. The molecule has 0 aliphatic rings. The minimum atomic E-state index is -0.479. The van der Waals surface area contributed by atoms with Crippen molar-refractivity contribution in [3.8, 4) is 0 Å². The molecule has 0 bridgehead atoms. The largest absolute Gasteiger partial charge is 0.355 e. The lowest BCUT2D eigenvalue weighted by Gasteiger charge is -2.17. The molecule has 3 aromatic rings. The van der Waals surface area contributed by atoms with Crippen LogP contribution in [-0.2, 0) is 6.54 Å². The first-order chi connectivity index (χ1) is 14.1. The summed E-state index contributed by atoms with van der Waals surface area (Å²) in [7, 11) is 0. The second kappa shape index (κ2) is 8.60. The van der Waals surface area contributed by atoms with Gasteiger partial charge >= 0.3 is 0 Å². The normalized spacial score (nSPS) is 12.5. The molecule has 1 N–H and O–H groups in total. The number of nitrogens with zero attached hydrogens (tertiary/aromatic N) is 2. The number of nitrogens with one attached hydrogen (secondary N) is 1. The minimum Gasteiger partial charge on any atom is -0.355 e. The summed E-state index contributed by atoms with van der Waals surface area (Å²) in [6.45, 7) is 11.5. The van der Waals surface area contributed by atoms with Crippen LogP contribution >= 0.6 is 11.8 Å². The molecular weight excluding hydrogens is 398 g/mol. The number of hydrogen-bond donors (Lipinski definition) is 1. The highest BCUT2D eigenvalue weighted by molar-refractivity contribution is 8.00. The lowest BCUT2D eigenvalue weighted by atomic mass is 10.0. The maximum atomic E-state index is 13.2. The first kappa shape index (κ1) is 22.0. The van der Waals surface area contributed by atoms with E-state index in [2.05, 4.69) is 9.97 Å². The zero-order chi connectivity index (χ0) is 22.2. The van der Waals surface area contributed by atoms with Gasteiger partial charge in [0.15, 0.2) is 16.7 Å². The Hall–Kier alpha value is -2.67. The van der Waals surface area contributed by atoms with Crippen molar-refractivity contribution in [3.63, 3.8) is 0 Å². The van der Waals surface area contributed by atoms with Crippen LogP contribution in [0.1, 0.15) is 59.8 Å². The molecule has 2 heterocycles. The number of carbonyl (C=O) groups excluding carboxylic acids is 2. The third-order valence-electron chi connectivity index (χ3n) is 5.06. The number of benzene rings is 1. The van der Waals surface area contributed by atoms with Crippen molar-refractivity contribution < 1.29 is 9.59 Å². The SMILES string of the molecule is CC(=O)c1c(C)[nH]c(C(=O)[C@@H](C)Sc2nc3ccccc3c(=O)n2CC(C)C)c1C. The smallest absolute Gasteiger partial charge is 0.262 e. The predicted octanol–water partition coefficient (Wildman–Crippen LogP) is 4.56. The van der Waals surface area contributed by atoms with Crippen molar-refractivity contribution in [1.82, 2.24) is 14.5 Å². The standard InChI is InChI=1S/C23H27N3O3S/c1-12(2)11-26-22(29)17-9-7-8-10-18(17)25-23(26)30-16(6)21(28)20-13(3)19(15(5)27)14(4)24-20/h7-10,12,16,24H,11H2,1-6H3/t16-/m1/s1. The average Bonchev–Trinajstić information content (AvgIpc) is 2.98. The third-order valence-corrected chi connectivity index (χ3v) is 6.15. The van der Waals surface area contributed by atoms with E-state index in [1.807, 2.05) is 32.0 Å². The first-order valence-corrected chi connectivity index (χ1v) is 10.9. The van der Waals surface area contributed by atoms with Crippen molar-refractivity contribution in [2.45, 2.75) is 58.5 Å². The number of Topliss-reactive ketones (excluding diaryl/α,β-unsaturated/α-hetero) is 2. The van der Waals surface area contributed by atoms with Crippen LogP contribution in [-0.4, -0.2) is 31.4 Å². The predicted molar refractivity (Wildman–Crippen MR) is 121 cm³/mol. The maximum absolute atomic E-state index is 13.2. The van der Waals surface area contributed by atoms with E-state index in [-0.39, 0.29) is 23.0 Å². The van der Waals surface area contributed by atoms with E-state index in [9.17, 15) is 14.4 Å². The van der Waals surface area contributed by atoms with Gasteiger partial charge in [0.2, 0.25) is 0 Å². The van der Waals surface area contributed by atoms with Crippen LogP contribution in [0.2, 0.25) is 0 Å². The van der Waals surface area contributed by atoms with Crippen LogP contribution < -0.4 is 5.56 Å². The van der Waals surface area contributed by atoms with Crippen LogP contribution in [0.15, 0.2) is 34.2 Å². The van der Waals surface area contributed by atoms with Gasteiger partial charge in [-0.05, 0) is 51.3 Å². The number of hydrogen-bond acceptors (Lipinski definition) is 5. The monoisotopic (exact) mass is 425 g/mol. The van der Waals surface area contributed by atoms with Gasteiger partial charge in [-0.25, -0.2) is 4.98 Å². The average molecular weight is 426 g/mol. The summed E-state index contributed by atoms with van der Waals surface area (Å²) < 4.78 is 1.66. The first-order valence-electron chi connectivity index (χ1n) is 10.0. The van der Waals surface area contributed by atoms with Gasteiger partial charge in [-0.2, -0.15) is 0 Å². The molecular formula is C23H27N3O3S. The number of aryl methyl sites for hydroxylation is 1. The Morgan fingerprint density at radius 3 is 2.43 bits per heavy atom. The van der Waals surface area contributed by atoms with Crippen molar-refractivity contribution in [1.29, 1.82) is 0 Å². The fourth-order valence-electron chi connectivity index (χ4n) is 3.70. The Balaban J connectivity index is 2.01. The number of ketones is 2. The van der Waals surface area contributed by atoms with Crippen LogP contribution in [0.25, 0.3) is 10.9 Å². The summed E-state index contributed by atoms with van der Waals surface area (Å²) in [5, 5.41) is 0.623. The molecule has 3 rings (SSSR count). The number of carbonyl (C=O) groups is 2. The highest BCUT2D eigenvalue weighted by Crippen LogP contribution is 2.28. The molecule has 158 valence electrons. The van der Waals surface area contributed by atoms with Gasteiger partial charge in [0.1, 0.15) is 0 Å². The Morgan fingerprint density at radius 2 is 1.83 bits per heavy atom. The van der Waals surface area contributed by atoms with E-state index >= 15 is 0 Å². The van der Waals surface area contributed by atoms with Gasteiger partial charge < -0.3 is 4.98 Å². The van der Waals surface area contributed by atoms with Crippen LogP contribution in [0.4, 0.5) is 0 Å². The molecule has 0 aliphatic heterocycles. The van der Waals surface area contributed by atoms with E-state index < -0.39 is 5.25 Å². The van der Waals surface area contributed by atoms with Gasteiger partial charge in [0, 0.05) is 17.8 Å². The van der Waals surface area contributed by atoms with E-state index in [0.29, 0.717) is 45.1 Å². The Morgan fingerprint density at radius 1 is 1.17 bits per heavy atom. The van der Waals surface area contributed by atoms with Gasteiger partial charge in [-0.15, -0.1) is 0 Å². The number of rotatable bonds is 7. The molecule has 6 nitrogen and oxygen atoms in total. The fraction of sp³-hybridized carbons (Fsp3) is 0.391. The molecule has 30 heavy (non-hydrogen) atoms. The molecule has 1 aromatic carbocycles. The molecule has 0 unspecified atom stereocenters. The summed E-state index contributed by atoms with van der Waals surface area (Å²) >= 11 is 1.27. The van der Waals surface area contributed by atoms with Gasteiger partial charge in [-0.3, -0.25) is 19.0 Å². The summed E-state index contributed by atoms with van der Waals surface area (Å²) in [6, 6.07) is 7.26. The zero-order valence-corrected chi connectivity index (χ0v) is 19.0. The van der Waals surface area contributed by atoms with Gasteiger partial charge in [0.05, 0.1) is 21.8 Å². The molecule has 0 spiro atoms. The quantitative estimate of drug-likeness (QED) is 0.341. The van der Waals surface area contributed by atoms with E-state index in [0.717, 1.165) is 0 Å². The van der Waals surface area contributed by atoms with Crippen molar-refractivity contribution in [2.75, 3.05) is 0 Å². The molecule has 2 aromatic heterocycles. The van der Waals surface area contributed by atoms with Crippen molar-refractivity contribution in [2.24, 2.45) is 5.92 Å². The molecule has 0 amide bonds. The molecule has 1 atom stereocenters. The Labute approximate surface area is 180 Å². The number of aromatic nitrogens is 3.